The molecular formula is C19H15FN6O. The molecular weight excluding hydrogens is 347 g/mol. The van der Waals surface area contributed by atoms with Crippen molar-refractivity contribution in [2.75, 3.05) is 5.73 Å². The molecule has 0 aliphatic carbocycles. The third-order valence-corrected chi connectivity index (χ3v) is 5.09. The van der Waals surface area contributed by atoms with E-state index in [0.29, 0.717) is 22.0 Å². The van der Waals surface area contributed by atoms with Crippen molar-refractivity contribution in [3.8, 4) is 11.1 Å². The number of halogens is 1. The van der Waals surface area contributed by atoms with Crippen LogP contribution in [0, 0.1) is 12.7 Å². The summed E-state index contributed by atoms with van der Waals surface area (Å²) in [6.45, 7) is 1.98. The number of rotatable bonds is 1. The summed E-state index contributed by atoms with van der Waals surface area (Å²) < 4.78 is 15.8. The predicted octanol–water partition coefficient (Wildman–Crippen LogP) is 2.99. The number of nitrogens with one attached hydrogen (secondary N) is 2. The van der Waals surface area contributed by atoms with Gasteiger partial charge in [-0.2, -0.15) is 10.2 Å². The second-order valence-corrected chi connectivity index (χ2v) is 6.64. The van der Waals surface area contributed by atoms with Crippen molar-refractivity contribution in [3.63, 3.8) is 0 Å². The van der Waals surface area contributed by atoms with Crippen molar-refractivity contribution in [1.82, 2.24) is 25.0 Å². The lowest BCUT2D eigenvalue weighted by molar-refractivity contribution is 0.636. The van der Waals surface area contributed by atoms with Crippen LogP contribution in [-0.4, -0.2) is 25.0 Å². The molecule has 0 fully saturated rings. The fraction of sp³-hybridized carbons (Fsp3) is 0.105. The molecule has 2 aromatic carbocycles. The Morgan fingerprint density at radius 3 is 2.78 bits per heavy atom. The number of nitrogens with two attached hydrogens (primary N) is 1. The van der Waals surface area contributed by atoms with Crippen LogP contribution in [0.5, 0.6) is 0 Å². The van der Waals surface area contributed by atoms with E-state index in [1.165, 1.54) is 12.3 Å². The van der Waals surface area contributed by atoms with E-state index >= 15 is 0 Å². The van der Waals surface area contributed by atoms with E-state index in [9.17, 15) is 9.18 Å². The molecule has 0 aliphatic rings. The molecule has 0 saturated carbocycles. The maximum atomic E-state index is 14.1. The van der Waals surface area contributed by atoms with E-state index < -0.39 is 11.4 Å². The zero-order valence-corrected chi connectivity index (χ0v) is 14.6. The van der Waals surface area contributed by atoms with Crippen LogP contribution < -0.4 is 11.3 Å². The van der Waals surface area contributed by atoms with Crippen molar-refractivity contribution in [1.29, 1.82) is 0 Å². The highest BCUT2D eigenvalue weighted by molar-refractivity contribution is 6.14. The second kappa shape index (κ2) is 5.16. The van der Waals surface area contributed by atoms with Crippen LogP contribution in [0.25, 0.3) is 43.8 Å². The molecule has 5 rings (SSSR count). The van der Waals surface area contributed by atoms with Gasteiger partial charge in [0.2, 0.25) is 0 Å². The average Bonchev–Trinajstić information content (AvgIpc) is 3.27. The van der Waals surface area contributed by atoms with Gasteiger partial charge >= 0.3 is 0 Å². The lowest BCUT2D eigenvalue weighted by Crippen LogP contribution is -2.14. The van der Waals surface area contributed by atoms with Crippen molar-refractivity contribution in [2.45, 2.75) is 6.92 Å². The molecule has 8 heteroatoms. The van der Waals surface area contributed by atoms with Gasteiger partial charge in [-0.15, -0.1) is 0 Å². The van der Waals surface area contributed by atoms with Gasteiger partial charge in [-0.05, 0) is 30.2 Å². The number of nitrogens with zero attached hydrogens (tertiary/aromatic N) is 3. The van der Waals surface area contributed by atoms with Crippen LogP contribution in [0.3, 0.4) is 0 Å². The Balaban J connectivity index is 2.05. The summed E-state index contributed by atoms with van der Waals surface area (Å²) in [5, 5.41) is 13.2. The average molecular weight is 362 g/mol. The minimum absolute atomic E-state index is 0.0810. The number of aryl methyl sites for hydroxylation is 2. The highest BCUT2D eigenvalue weighted by Crippen LogP contribution is 2.38. The topological polar surface area (TPSA) is 105 Å². The molecule has 0 amide bonds. The van der Waals surface area contributed by atoms with Crippen molar-refractivity contribution in [2.24, 2.45) is 7.05 Å². The summed E-state index contributed by atoms with van der Waals surface area (Å²) in [6.07, 6.45) is 3.31. The summed E-state index contributed by atoms with van der Waals surface area (Å²) in [4.78, 5) is 15.5. The van der Waals surface area contributed by atoms with Crippen molar-refractivity contribution >= 4 is 38.4 Å². The molecule has 0 spiro atoms. The first kappa shape index (κ1) is 15.6. The van der Waals surface area contributed by atoms with Gasteiger partial charge in [-0.25, -0.2) is 4.39 Å². The number of aromatic amines is 2. The standard InChI is InChI=1S/C19H15FN6O/c1-8-5-10-14(9-3-4-13(20)16-12(9)6-22-25-16)15(21)19(27)24-17(10)18-11(8)7-23-26(18)2/h3-7H,21H2,1-2H3,(H,22,25)(H,24,27). The maximum Gasteiger partial charge on any atom is 0.272 e. The number of benzene rings is 2. The van der Waals surface area contributed by atoms with Gasteiger partial charge < -0.3 is 10.7 Å². The lowest BCUT2D eigenvalue weighted by atomic mass is 9.94. The number of fused-ring (bicyclic) bond motifs is 4. The van der Waals surface area contributed by atoms with E-state index in [0.717, 1.165) is 21.9 Å². The molecule has 0 unspecified atom stereocenters. The van der Waals surface area contributed by atoms with Crippen LogP contribution in [0.4, 0.5) is 10.1 Å². The maximum absolute atomic E-state index is 14.1. The molecule has 0 radical (unpaired) electrons. The Labute approximate surface area is 151 Å². The second-order valence-electron chi connectivity index (χ2n) is 6.64. The Morgan fingerprint density at radius 1 is 1.15 bits per heavy atom. The summed E-state index contributed by atoms with van der Waals surface area (Å²) in [5.41, 5.74) is 9.83. The molecule has 4 N–H and O–H groups in total. The van der Waals surface area contributed by atoms with Gasteiger partial charge in [0.05, 0.1) is 23.4 Å². The van der Waals surface area contributed by atoms with Crippen LogP contribution in [0.2, 0.25) is 0 Å². The number of H-pyrrole nitrogens is 2. The first-order valence-electron chi connectivity index (χ1n) is 8.36. The molecule has 5 aromatic rings. The summed E-state index contributed by atoms with van der Waals surface area (Å²) in [6, 6.07) is 4.94. The first-order valence-corrected chi connectivity index (χ1v) is 8.36. The van der Waals surface area contributed by atoms with Gasteiger partial charge in [0.15, 0.2) is 0 Å². The third kappa shape index (κ3) is 1.97. The van der Waals surface area contributed by atoms with Crippen molar-refractivity contribution < 1.29 is 4.39 Å². The van der Waals surface area contributed by atoms with Gasteiger partial charge in [-0.1, -0.05) is 6.07 Å². The normalized spacial score (nSPS) is 11.8. The van der Waals surface area contributed by atoms with Gasteiger partial charge in [0.25, 0.3) is 5.56 Å². The van der Waals surface area contributed by atoms with Gasteiger partial charge in [0, 0.05) is 28.8 Å². The van der Waals surface area contributed by atoms with E-state index in [1.807, 2.05) is 20.0 Å². The van der Waals surface area contributed by atoms with E-state index in [-0.39, 0.29) is 11.2 Å². The minimum atomic E-state index is -0.413. The largest absolute Gasteiger partial charge is 0.394 e. The number of hydrogen-bond acceptors (Lipinski definition) is 4. The number of nitrogen functional groups attached to an aromatic ring is 1. The Bertz CT molecular complexity index is 1440. The smallest absolute Gasteiger partial charge is 0.272 e. The van der Waals surface area contributed by atoms with Crippen LogP contribution in [-0.2, 0) is 7.05 Å². The highest BCUT2D eigenvalue weighted by atomic mass is 19.1. The number of hydrogen-bond donors (Lipinski definition) is 3. The molecule has 0 atom stereocenters. The predicted molar refractivity (Wildman–Crippen MR) is 103 cm³/mol. The number of pyridine rings is 1. The lowest BCUT2D eigenvalue weighted by Gasteiger charge is -2.13. The van der Waals surface area contributed by atoms with Crippen LogP contribution in [0.1, 0.15) is 5.56 Å². The SMILES string of the molecule is Cc1cc2c(-c3ccc(F)c4[nH]ncc34)c(N)c(=O)[nH]c2c2c1cnn2C. The van der Waals surface area contributed by atoms with E-state index in [2.05, 4.69) is 20.3 Å². The highest BCUT2D eigenvalue weighted by Gasteiger charge is 2.20. The molecule has 7 nitrogen and oxygen atoms in total. The number of anilines is 1. The summed E-state index contributed by atoms with van der Waals surface area (Å²) in [5.74, 6) is -0.413. The molecule has 134 valence electrons. The first-order chi connectivity index (χ1) is 13.0. The van der Waals surface area contributed by atoms with Gasteiger partial charge in [0.1, 0.15) is 17.0 Å². The molecule has 27 heavy (non-hydrogen) atoms. The monoisotopic (exact) mass is 362 g/mol. The molecule has 3 heterocycles. The van der Waals surface area contributed by atoms with Crippen LogP contribution >= 0.6 is 0 Å². The third-order valence-electron chi connectivity index (χ3n) is 5.09. The Hall–Kier alpha value is -3.68. The Morgan fingerprint density at radius 2 is 1.96 bits per heavy atom. The van der Waals surface area contributed by atoms with Crippen molar-refractivity contribution in [3.05, 3.63) is 52.3 Å². The molecule has 0 aliphatic heterocycles. The van der Waals surface area contributed by atoms with Gasteiger partial charge in [-0.3, -0.25) is 14.6 Å². The van der Waals surface area contributed by atoms with Crippen LogP contribution in [0.15, 0.2) is 35.4 Å². The molecule has 0 saturated heterocycles. The fourth-order valence-electron chi connectivity index (χ4n) is 3.79. The van der Waals surface area contributed by atoms with E-state index in [1.54, 1.807) is 16.9 Å². The fourth-order valence-corrected chi connectivity index (χ4v) is 3.79. The summed E-state index contributed by atoms with van der Waals surface area (Å²) in [7, 11) is 1.82. The Kier molecular flexibility index (Phi) is 2.98. The number of aromatic nitrogens is 5. The zero-order valence-electron chi connectivity index (χ0n) is 14.6. The molecule has 3 aromatic heterocycles. The quantitative estimate of drug-likeness (QED) is 0.426. The molecule has 0 bridgehead atoms. The summed E-state index contributed by atoms with van der Waals surface area (Å²) >= 11 is 0. The zero-order chi connectivity index (χ0) is 18.9. The minimum Gasteiger partial charge on any atom is -0.394 e. The van der Waals surface area contributed by atoms with E-state index in [4.69, 9.17) is 5.73 Å².